The molecule has 1 aliphatic heterocycles. The molecule has 13 heteroatoms. The predicted molar refractivity (Wildman–Crippen MR) is 124 cm³/mol. The van der Waals surface area contributed by atoms with Gasteiger partial charge in [0.2, 0.25) is 0 Å². The van der Waals surface area contributed by atoms with Crippen LogP contribution in [0.2, 0.25) is 4.34 Å². The molecule has 4 rings (SSSR count). The number of sulfonamides is 1. The number of rotatable bonds is 7. The normalized spacial score (nSPS) is 19.6. The summed E-state index contributed by atoms with van der Waals surface area (Å²) >= 11 is 8.00. The second kappa shape index (κ2) is 9.67. The largest absolute Gasteiger partial charge is 0.416 e. The molecule has 3 heterocycles. The minimum atomic E-state index is -4.42. The van der Waals surface area contributed by atoms with Crippen LogP contribution in [0.1, 0.15) is 23.4 Å². The monoisotopic (exact) mass is 550 g/mol. The van der Waals surface area contributed by atoms with Gasteiger partial charge in [-0.1, -0.05) is 23.7 Å². The number of β-amino-alcohol motifs (C(OH)–C–C–N with tert-alkyl or cyclic N) is 1. The highest BCUT2D eigenvalue weighted by Crippen LogP contribution is 2.34. The highest BCUT2D eigenvalue weighted by atomic mass is 35.5. The van der Waals surface area contributed by atoms with E-state index < -0.39 is 33.9 Å². The molecule has 2 atom stereocenters. The number of aliphatic hydroxyl groups excluding tert-OH is 1. The Morgan fingerprint density at radius 3 is 2.53 bits per heavy atom. The highest BCUT2D eigenvalue weighted by molar-refractivity contribution is 7.91. The van der Waals surface area contributed by atoms with Gasteiger partial charge in [0.15, 0.2) is 5.78 Å². The van der Waals surface area contributed by atoms with E-state index in [9.17, 15) is 31.5 Å². The number of aliphatic hydroxyl groups is 1. The van der Waals surface area contributed by atoms with Crippen LogP contribution in [0.25, 0.3) is 11.3 Å². The summed E-state index contributed by atoms with van der Waals surface area (Å²) in [6.07, 6.45) is -5.11. The molecule has 1 aliphatic rings. The van der Waals surface area contributed by atoms with Crippen molar-refractivity contribution in [3.63, 3.8) is 0 Å². The average molecular weight is 551 g/mol. The SMILES string of the molecule is O=C(CCc1nc(-c2ccc(C(F)(F)F)cc2)cs1)[C@@H]1C[C@@H](O)CN1S(=O)(=O)c1ccc(Cl)s1. The zero-order valence-corrected chi connectivity index (χ0v) is 20.5. The van der Waals surface area contributed by atoms with Crippen molar-refractivity contribution in [2.45, 2.75) is 41.8 Å². The van der Waals surface area contributed by atoms with Crippen molar-refractivity contribution < 1.29 is 31.5 Å². The first kappa shape index (κ1) is 25.3. The predicted octanol–water partition coefficient (Wildman–Crippen LogP) is 4.87. The number of benzene rings is 1. The Labute approximate surface area is 206 Å². The van der Waals surface area contributed by atoms with Gasteiger partial charge in [-0.3, -0.25) is 4.79 Å². The third-order valence-electron chi connectivity index (χ3n) is 5.36. The van der Waals surface area contributed by atoms with E-state index in [2.05, 4.69) is 4.98 Å². The Kier molecular flexibility index (Phi) is 7.19. The molecular weight excluding hydrogens is 533 g/mol. The molecule has 34 heavy (non-hydrogen) atoms. The molecule has 0 bridgehead atoms. The van der Waals surface area contributed by atoms with Gasteiger partial charge in [0.05, 0.1) is 32.7 Å². The summed E-state index contributed by atoms with van der Waals surface area (Å²) in [6, 6.07) is 6.48. The summed E-state index contributed by atoms with van der Waals surface area (Å²) in [5, 5.41) is 12.3. The number of hydrogen-bond donors (Lipinski definition) is 1. The van der Waals surface area contributed by atoms with Crippen LogP contribution in [0.3, 0.4) is 0 Å². The lowest BCUT2D eigenvalue weighted by atomic mass is 10.1. The standard InChI is InChI=1S/C21H18ClF3N2O4S3/c22-18-6-8-20(33-18)34(30,31)27-10-14(28)9-16(27)17(29)5-7-19-26-15(11-32-19)12-1-3-13(4-2-12)21(23,24)25/h1-4,6,8,11,14,16,28H,5,7,9-10H2/t14-,16+/m1/s1. The fraction of sp³-hybridized carbons (Fsp3) is 0.333. The van der Waals surface area contributed by atoms with Gasteiger partial charge >= 0.3 is 6.18 Å². The Morgan fingerprint density at radius 2 is 1.91 bits per heavy atom. The number of thiophene rings is 1. The average Bonchev–Trinajstić information content (AvgIpc) is 3.51. The van der Waals surface area contributed by atoms with Crippen LogP contribution in [0.5, 0.6) is 0 Å². The second-order valence-corrected chi connectivity index (χ2v) is 12.5. The zero-order chi connectivity index (χ0) is 24.7. The molecule has 1 fully saturated rings. The molecule has 182 valence electrons. The number of alkyl halides is 3. The quantitative estimate of drug-likeness (QED) is 0.453. The lowest BCUT2D eigenvalue weighted by Crippen LogP contribution is -2.40. The van der Waals surface area contributed by atoms with Crippen LogP contribution in [0.15, 0.2) is 46.0 Å². The van der Waals surface area contributed by atoms with Crippen LogP contribution >= 0.6 is 34.3 Å². The minimum absolute atomic E-state index is 0.00510. The topological polar surface area (TPSA) is 87.6 Å². The molecule has 0 unspecified atom stereocenters. The van der Waals surface area contributed by atoms with Gasteiger partial charge in [0.25, 0.3) is 10.0 Å². The summed E-state index contributed by atoms with van der Waals surface area (Å²) in [5.74, 6) is -0.339. The van der Waals surface area contributed by atoms with Gasteiger partial charge in [-0.25, -0.2) is 13.4 Å². The van der Waals surface area contributed by atoms with E-state index >= 15 is 0 Å². The van der Waals surface area contributed by atoms with Crippen LogP contribution < -0.4 is 0 Å². The van der Waals surface area contributed by atoms with Crippen molar-refractivity contribution in [3.05, 3.63) is 56.7 Å². The van der Waals surface area contributed by atoms with E-state index in [0.29, 0.717) is 20.6 Å². The summed E-state index contributed by atoms with van der Waals surface area (Å²) in [6.45, 7) is -0.177. The van der Waals surface area contributed by atoms with Crippen molar-refractivity contribution in [3.8, 4) is 11.3 Å². The molecule has 0 saturated carbocycles. The van der Waals surface area contributed by atoms with E-state index in [4.69, 9.17) is 11.6 Å². The van der Waals surface area contributed by atoms with E-state index in [0.717, 1.165) is 27.8 Å². The maximum absolute atomic E-state index is 13.0. The number of thiazole rings is 1. The van der Waals surface area contributed by atoms with Gasteiger partial charge in [0.1, 0.15) is 4.21 Å². The first-order valence-electron chi connectivity index (χ1n) is 10.0. The van der Waals surface area contributed by atoms with E-state index in [1.807, 2.05) is 0 Å². The smallest absolute Gasteiger partial charge is 0.392 e. The number of aryl methyl sites for hydroxylation is 1. The molecule has 6 nitrogen and oxygen atoms in total. The fourth-order valence-corrected chi connectivity index (χ4v) is 7.76. The van der Waals surface area contributed by atoms with Crippen LogP contribution in [0, 0.1) is 0 Å². The van der Waals surface area contributed by atoms with Crippen molar-refractivity contribution in [1.29, 1.82) is 0 Å². The number of hydrogen-bond acceptors (Lipinski definition) is 7. The first-order chi connectivity index (χ1) is 15.9. The van der Waals surface area contributed by atoms with Crippen molar-refractivity contribution in [2.24, 2.45) is 0 Å². The number of Topliss-reactive ketones (excluding diaryl/α,β-unsaturated/α-hetero) is 1. The van der Waals surface area contributed by atoms with Gasteiger partial charge in [-0.05, 0) is 30.7 Å². The second-order valence-electron chi connectivity index (χ2n) is 7.71. The molecule has 0 amide bonds. The maximum atomic E-state index is 13.0. The Bertz CT molecular complexity index is 1290. The minimum Gasteiger partial charge on any atom is -0.392 e. The summed E-state index contributed by atoms with van der Waals surface area (Å²) in [5.41, 5.74) is 0.268. The molecule has 0 radical (unpaired) electrons. The number of halogens is 4. The first-order valence-corrected chi connectivity index (χ1v) is 13.6. The number of nitrogens with zero attached hydrogens (tertiary/aromatic N) is 2. The molecule has 3 aromatic rings. The highest BCUT2D eigenvalue weighted by Gasteiger charge is 2.43. The van der Waals surface area contributed by atoms with Gasteiger partial charge in [0, 0.05) is 30.3 Å². The number of aromatic nitrogens is 1. The van der Waals surface area contributed by atoms with Crippen molar-refractivity contribution in [2.75, 3.05) is 6.54 Å². The van der Waals surface area contributed by atoms with Gasteiger partial charge in [-0.15, -0.1) is 22.7 Å². The third kappa shape index (κ3) is 5.37. The van der Waals surface area contributed by atoms with Crippen molar-refractivity contribution >= 4 is 50.1 Å². The molecule has 2 aromatic heterocycles. The number of carbonyl (C=O) groups excluding carboxylic acids is 1. The molecule has 1 saturated heterocycles. The van der Waals surface area contributed by atoms with E-state index in [1.54, 1.807) is 5.38 Å². The van der Waals surface area contributed by atoms with E-state index in [1.165, 1.54) is 35.6 Å². The molecule has 0 aliphatic carbocycles. The number of ketones is 1. The van der Waals surface area contributed by atoms with E-state index in [-0.39, 0.29) is 35.8 Å². The number of carbonyl (C=O) groups is 1. The van der Waals surface area contributed by atoms with Crippen LogP contribution in [-0.4, -0.2) is 47.3 Å². The Balaban J connectivity index is 1.43. The van der Waals surface area contributed by atoms with Crippen LogP contribution in [0.4, 0.5) is 13.2 Å². The zero-order valence-electron chi connectivity index (χ0n) is 17.3. The lowest BCUT2D eigenvalue weighted by Gasteiger charge is -2.21. The molecule has 0 spiro atoms. The van der Waals surface area contributed by atoms with Crippen LogP contribution in [-0.2, 0) is 27.4 Å². The van der Waals surface area contributed by atoms with Crippen molar-refractivity contribution in [1.82, 2.24) is 9.29 Å². The summed E-state index contributed by atoms with van der Waals surface area (Å²) in [4.78, 5) is 17.3. The Hall–Kier alpha value is -1.83. The molecule has 1 N–H and O–H groups in total. The Morgan fingerprint density at radius 1 is 1.21 bits per heavy atom. The van der Waals surface area contributed by atoms with Gasteiger partial charge in [-0.2, -0.15) is 17.5 Å². The molecule has 1 aromatic carbocycles. The maximum Gasteiger partial charge on any atom is 0.416 e. The molecular formula is C21H18ClF3N2O4S3. The summed E-state index contributed by atoms with van der Waals surface area (Å²) in [7, 11) is -3.98. The summed E-state index contributed by atoms with van der Waals surface area (Å²) < 4.78 is 65.5. The third-order valence-corrected chi connectivity index (χ3v) is 9.84. The van der Waals surface area contributed by atoms with Gasteiger partial charge < -0.3 is 5.11 Å². The lowest BCUT2D eigenvalue weighted by molar-refractivity contribution is -0.137. The fourth-order valence-electron chi connectivity index (χ4n) is 3.68.